The third kappa shape index (κ3) is 3.45. The lowest BCUT2D eigenvalue weighted by Crippen LogP contribution is -2.65. The van der Waals surface area contributed by atoms with Gasteiger partial charge >= 0.3 is 0 Å². The van der Waals surface area contributed by atoms with Crippen molar-refractivity contribution in [2.24, 2.45) is 17.6 Å². The number of pyridine rings is 1. The molecule has 0 bridgehead atoms. The van der Waals surface area contributed by atoms with Crippen LogP contribution in [0.3, 0.4) is 0 Å². The van der Waals surface area contributed by atoms with E-state index in [1.54, 1.807) is 32.6 Å². The fourth-order valence-electron chi connectivity index (χ4n) is 6.07. The Bertz CT molecular complexity index is 1460. The molecule has 1 aromatic carbocycles. The molecule has 1 saturated carbocycles. The van der Waals surface area contributed by atoms with Crippen LogP contribution in [0.2, 0.25) is 0 Å². The van der Waals surface area contributed by atoms with Gasteiger partial charge in [-0.3, -0.25) is 24.3 Å². The van der Waals surface area contributed by atoms with E-state index in [2.05, 4.69) is 20.9 Å². The number of aromatic nitrogens is 1. The van der Waals surface area contributed by atoms with Crippen LogP contribution in [0.1, 0.15) is 17.5 Å². The Hall–Kier alpha value is -3.54. The van der Waals surface area contributed by atoms with Crippen molar-refractivity contribution in [1.82, 2.24) is 9.88 Å². The van der Waals surface area contributed by atoms with Gasteiger partial charge in [-0.25, -0.2) is 0 Å². The van der Waals surface area contributed by atoms with Crippen LogP contribution >= 0.6 is 15.9 Å². The number of phenolic OH excluding ortho intramolecular Hbond substituents is 1. The second kappa shape index (κ2) is 8.51. The molecule has 0 unspecified atom stereocenters. The number of amides is 1. The van der Waals surface area contributed by atoms with E-state index in [0.29, 0.717) is 16.7 Å². The average Bonchev–Trinajstić information content (AvgIpc) is 2.81. The van der Waals surface area contributed by atoms with Gasteiger partial charge in [-0.05, 0) is 72.0 Å². The molecular weight excluding hydrogens is 546 g/mol. The van der Waals surface area contributed by atoms with Crippen LogP contribution in [-0.2, 0) is 20.8 Å². The molecule has 6 N–H and O–H groups in total. The van der Waals surface area contributed by atoms with Gasteiger partial charge < -0.3 is 26.2 Å². The zero-order chi connectivity index (χ0) is 27.0. The molecule has 3 aliphatic rings. The monoisotopic (exact) mass is 569 g/mol. The molecule has 2 aromatic rings. The number of nitrogens with zero attached hydrogens (tertiary/aromatic N) is 2. The summed E-state index contributed by atoms with van der Waals surface area (Å²) >= 11 is 3.39. The molecule has 0 spiro atoms. The summed E-state index contributed by atoms with van der Waals surface area (Å²) in [7, 11) is 3.12. The predicted octanol–water partition coefficient (Wildman–Crippen LogP) is 1.79. The van der Waals surface area contributed by atoms with Crippen molar-refractivity contribution in [1.29, 1.82) is 0 Å². The summed E-state index contributed by atoms with van der Waals surface area (Å²) in [6.07, 6.45) is 3.48. The summed E-state index contributed by atoms with van der Waals surface area (Å²) in [6, 6.07) is 3.78. The lowest BCUT2D eigenvalue weighted by Gasteiger charge is -2.50. The number of ketones is 2. The Balaban J connectivity index is 1.75. The van der Waals surface area contributed by atoms with Crippen LogP contribution in [0.15, 0.2) is 52.0 Å². The summed E-state index contributed by atoms with van der Waals surface area (Å²) in [5, 5.41) is 44.5. The number of carbonyl (C=O) groups is 3. The minimum atomic E-state index is -2.66. The number of rotatable bonds is 3. The number of halogens is 1. The first-order chi connectivity index (χ1) is 17.4. The number of phenols is 1. The normalized spacial score (nSPS) is 27.2. The van der Waals surface area contributed by atoms with Gasteiger partial charge in [0.15, 0.2) is 11.4 Å². The maximum absolute atomic E-state index is 13.9. The first kappa shape index (κ1) is 25.1. The number of primary amides is 1. The Morgan fingerprint density at radius 1 is 1.19 bits per heavy atom. The van der Waals surface area contributed by atoms with Gasteiger partial charge in [-0.15, -0.1) is 0 Å². The molecule has 37 heavy (non-hydrogen) atoms. The first-order valence-electron chi connectivity index (χ1n) is 11.5. The van der Waals surface area contributed by atoms with Crippen LogP contribution in [0.25, 0.3) is 16.9 Å². The minimum Gasteiger partial charge on any atom is -0.508 e. The highest BCUT2D eigenvalue weighted by Crippen LogP contribution is 2.53. The molecule has 0 aliphatic heterocycles. The maximum atomic E-state index is 13.9. The summed E-state index contributed by atoms with van der Waals surface area (Å²) < 4.78 is 0.725. The zero-order valence-corrected chi connectivity index (χ0v) is 21.5. The van der Waals surface area contributed by atoms with E-state index in [1.807, 2.05) is 6.07 Å². The SMILES string of the molecule is CN(C)[C@H]1C(=O)C(C(N)=O)=C(O)[C@@]2(O)C(=O)C3=C(O)c4c(O)ccc(-c5cncc(Br)c5)c4C[C@H]3C[C@@H]12. The van der Waals surface area contributed by atoms with E-state index < -0.39 is 58.0 Å². The summed E-state index contributed by atoms with van der Waals surface area (Å²) in [6.45, 7) is 0. The topological polar surface area (TPSA) is 174 Å². The molecular formula is C26H24BrN3O7. The molecule has 4 atom stereocenters. The van der Waals surface area contributed by atoms with E-state index >= 15 is 0 Å². The number of benzene rings is 1. The number of fused-ring (bicyclic) bond motifs is 3. The number of aromatic hydroxyl groups is 1. The van der Waals surface area contributed by atoms with E-state index in [-0.39, 0.29) is 29.7 Å². The van der Waals surface area contributed by atoms with Gasteiger partial charge in [0.25, 0.3) is 5.91 Å². The zero-order valence-electron chi connectivity index (χ0n) is 19.9. The van der Waals surface area contributed by atoms with Crippen LogP contribution < -0.4 is 5.73 Å². The quantitative estimate of drug-likeness (QED) is 0.345. The first-order valence-corrected chi connectivity index (χ1v) is 12.3. The van der Waals surface area contributed by atoms with Crippen molar-refractivity contribution in [3.63, 3.8) is 0 Å². The molecule has 1 heterocycles. The lowest BCUT2D eigenvalue weighted by molar-refractivity contribution is -0.153. The summed E-state index contributed by atoms with van der Waals surface area (Å²) in [5.41, 5.74) is 3.66. The Morgan fingerprint density at radius 2 is 1.89 bits per heavy atom. The fourth-order valence-corrected chi connectivity index (χ4v) is 6.44. The van der Waals surface area contributed by atoms with E-state index in [1.165, 1.54) is 11.0 Å². The van der Waals surface area contributed by atoms with Crippen LogP contribution in [0, 0.1) is 11.8 Å². The van der Waals surface area contributed by atoms with E-state index in [4.69, 9.17) is 5.73 Å². The second-order valence-corrected chi connectivity index (χ2v) is 10.8. The molecule has 0 radical (unpaired) electrons. The highest BCUT2D eigenvalue weighted by Gasteiger charge is 2.64. The van der Waals surface area contributed by atoms with Crippen LogP contribution in [0.4, 0.5) is 0 Å². The van der Waals surface area contributed by atoms with E-state index in [9.17, 15) is 34.8 Å². The standard InChI is InChI=1S/C26H24BrN3O7/c1-30(2)20-15-7-10-6-14-13(11-5-12(27)9-29-8-11)3-4-16(31)18(14)21(32)17(10)23(34)26(15,37)24(35)19(22(20)33)25(28)36/h3-5,8-10,15,20,31-32,35,37H,6-7H2,1-2H3,(H2,28,36)/t10-,15-,20+,26-/m0/s1. The van der Waals surface area contributed by atoms with Crippen molar-refractivity contribution in [2.75, 3.05) is 14.1 Å². The van der Waals surface area contributed by atoms with Gasteiger partial charge in [-0.1, -0.05) is 6.07 Å². The molecule has 1 aromatic heterocycles. The summed E-state index contributed by atoms with van der Waals surface area (Å²) in [5.74, 6) is -6.78. The third-order valence-electron chi connectivity index (χ3n) is 7.62. The number of hydrogen-bond acceptors (Lipinski definition) is 9. The summed E-state index contributed by atoms with van der Waals surface area (Å²) in [4.78, 5) is 44.7. The van der Waals surface area contributed by atoms with Crippen LogP contribution in [-0.4, -0.2) is 73.5 Å². The molecule has 192 valence electrons. The van der Waals surface area contributed by atoms with Crippen LogP contribution in [0.5, 0.6) is 5.75 Å². The number of aliphatic hydroxyl groups is 3. The largest absolute Gasteiger partial charge is 0.508 e. The number of likely N-dealkylation sites (N-methyl/N-ethyl adjacent to an activating group) is 1. The third-order valence-corrected chi connectivity index (χ3v) is 8.05. The predicted molar refractivity (Wildman–Crippen MR) is 135 cm³/mol. The molecule has 5 rings (SSSR count). The molecule has 1 fully saturated rings. The Morgan fingerprint density at radius 3 is 2.51 bits per heavy atom. The highest BCUT2D eigenvalue weighted by molar-refractivity contribution is 9.10. The lowest BCUT2D eigenvalue weighted by atomic mass is 9.57. The number of nitrogens with two attached hydrogens (primary N) is 1. The molecule has 10 nitrogen and oxygen atoms in total. The van der Waals surface area contributed by atoms with Gasteiger partial charge in [0.05, 0.1) is 11.6 Å². The van der Waals surface area contributed by atoms with Gasteiger partial charge in [0.2, 0.25) is 5.78 Å². The number of Topliss-reactive ketones (excluding diaryl/α,β-unsaturated/α-hetero) is 2. The van der Waals surface area contributed by atoms with Gasteiger partial charge in [0, 0.05) is 33.9 Å². The average molecular weight is 570 g/mol. The second-order valence-electron chi connectivity index (χ2n) is 9.84. The highest BCUT2D eigenvalue weighted by atomic mass is 79.9. The van der Waals surface area contributed by atoms with Gasteiger partial charge in [0.1, 0.15) is 22.8 Å². The number of carbonyl (C=O) groups excluding carboxylic acids is 3. The van der Waals surface area contributed by atoms with Crippen molar-refractivity contribution >= 4 is 39.2 Å². The van der Waals surface area contributed by atoms with Crippen molar-refractivity contribution < 1.29 is 34.8 Å². The molecule has 0 saturated heterocycles. The van der Waals surface area contributed by atoms with E-state index in [0.717, 1.165) is 4.47 Å². The van der Waals surface area contributed by atoms with Crippen molar-refractivity contribution in [3.05, 3.63) is 63.1 Å². The maximum Gasteiger partial charge on any atom is 0.255 e. The molecule has 3 aliphatic carbocycles. The molecule has 1 amide bonds. The number of aliphatic hydroxyl groups excluding tert-OH is 2. The minimum absolute atomic E-state index is 0.0254. The van der Waals surface area contributed by atoms with Gasteiger partial charge in [-0.2, -0.15) is 0 Å². The number of hydrogen-bond donors (Lipinski definition) is 5. The Kier molecular flexibility index (Phi) is 5.78. The smallest absolute Gasteiger partial charge is 0.255 e. The Labute approximate surface area is 219 Å². The fraction of sp³-hybridized carbons (Fsp3) is 0.308. The van der Waals surface area contributed by atoms with Crippen molar-refractivity contribution in [2.45, 2.75) is 24.5 Å². The molecule has 11 heteroatoms. The van der Waals surface area contributed by atoms with Crippen molar-refractivity contribution in [3.8, 4) is 16.9 Å².